The van der Waals surface area contributed by atoms with Gasteiger partial charge in [-0.3, -0.25) is 0 Å². The topological polar surface area (TPSA) is 46.0 Å². The molecular formula is C18H12N4S. The quantitative estimate of drug-likeness (QED) is 0.517. The van der Waals surface area contributed by atoms with Crippen molar-refractivity contribution in [2.75, 3.05) is 0 Å². The first-order valence-electron chi connectivity index (χ1n) is 7.36. The summed E-state index contributed by atoms with van der Waals surface area (Å²) in [6, 6.07) is 20.5. The molecule has 5 heteroatoms. The second kappa shape index (κ2) is 4.79. The molecular weight excluding hydrogens is 304 g/mol. The molecule has 0 bridgehead atoms. The maximum absolute atomic E-state index is 4.69. The van der Waals surface area contributed by atoms with E-state index in [0.29, 0.717) is 0 Å². The summed E-state index contributed by atoms with van der Waals surface area (Å²) in [6.07, 6.45) is 1.98. The Hall–Kier alpha value is -2.92. The number of hydrogen-bond acceptors (Lipinski definition) is 3. The van der Waals surface area contributed by atoms with Crippen molar-refractivity contribution in [1.82, 2.24) is 19.6 Å². The van der Waals surface area contributed by atoms with E-state index in [1.807, 2.05) is 41.0 Å². The first-order chi connectivity index (χ1) is 11.4. The molecule has 0 unspecified atom stereocenters. The Morgan fingerprint density at radius 3 is 2.61 bits per heavy atom. The van der Waals surface area contributed by atoms with Gasteiger partial charge in [0.2, 0.25) is 4.96 Å². The molecule has 0 radical (unpaired) electrons. The maximum Gasteiger partial charge on any atom is 0.213 e. The Bertz CT molecular complexity index is 1050. The molecule has 0 fully saturated rings. The predicted molar refractivity (Wildman–Crippen MR) is 93.6 cm³/mol. The summed E-state index contributed by atoms with van der Waals surface area (Å²) in [5, 5.41) is 6.81. The fourth-order valence-electron chi connectivity index (χ4n) is 2.75. The van der Waals surface area contributed by atoms with Gasteiger partial charge in [-0.25, -0.2) is 9.50 Å². The van der Waals surface area contributed by atoms with Crippen LogP contribution in [0.3, 0.4) is 0 Å². The summed E-state index contributed by atoms with van der Waals surface area (Å²) in [5.41, 5.74) is 4.22. The van der Waals surface area contributed by atoms with Crippen molar-refractivity contribution in [3.05, 3.63) is 66.9 Å². The SMILES string of the molecule is c1ccc(-c2cn3nc(-c4cc5ccccc5[nH]4)sc3n2)cc1. The summed E-state index contributed by atoms with van der Waals surface area (Å²) < 4.78 is 1.86. The van der Waals surface area contributed by atoms with E-state index in [2.05, 4.69) is 45.4 Å². The number of H-pyrrole nitrogens is 1. The molecule has 0 aliphatic carbocycles. The molecule has 5 aromatic rings. The number of para-hydroxylation sites is 1. The number of rotatable bonds is 2. The van der Waals surface area contributed by atoms with Crippen LogP contribution in [-0.2, 0) is 0 Å². The molecule has 0 atom stereocenters. The lowest BCUT2D eigenvalue weighted by Gasteiger charge is -1.93. The number of aromatic amines is 1. The fraction of sp³-hybridized carbons (Fsp3) is 0. The van der Waals surface area contributed by atoms with Crippen LogP contribution in [0.1, 0.15) is 0 Å². The number of imidazole rings is 1. The number of fused-ring (bicyclic) bond motifs is 2. The molecule has 1 N–H and O–H groups in total. The van der Waals surface area contributed by atoms with Crippen LogP contribution in [0, 0.1) is 0 Å². The highest BCUT2D eigenvalue weighted by Gasteiger charge is 2.12. The maximum atomic E-state index is 4.69. The molecule has 0 aliphatic rings. The number of aromatic nitrogens is 4. The average molecular weight is 316 g/mol. The van der Waals surface area contributed by atoms with Gasteiger partial charge in [-0.1, -0.05) is 59.9 Å². The van der Waals surface area contributed by atoms with Gasteiger partial charge in [-0.05, 0) is 12.1 Å². The molecule has 0 amide bonds. The van der Waals surface area contributed by atoms with Crippen molar-refractivity contribution in [1.29, 1.82) is 0 Å². The van der Waals surface area contributed by atoms with Gasteiger partial charge in [0, 0.05) is 16.5 Å². The highest BCUT2D eigenvalue weighted by Crippen LogP contribution is 2.29. The van der Waals surface area contributed by atoms with Gasteiger partial charge >= 0.3 is 0 Å². The molecule has 3 heterocycles. The van der Waals surface area contributed by atoms with E-state index < -0.39 is 0 Å². The van der Waals surface area contributed by atoms with Gasteiger partial charge in [-0.2, -0.15) is 5.10 Å². The molecule has 3 aromatic heterocycles. The third kappa shape index (κ3) is 2.05. The van der Waals surface area contributed by atoms with Gasteiger partial charge in [0.1, 0.15) is 0 Å². The van der Waals surface area contributed by atoms with E-state index in [9.17, 15) is 0 Å². The standard InChI is InChI=1S/C18H12N4S/c1-2-6-12(7-3-1)16-11-22-18(20-16)23-17(21-22)15-10-13-8-4-5-9-14(13)19-15/h1-11,19H. The zero-order valence-electron chi connectivity index (χ0n) is 12.1. The first kappa shape index (κ1) is 12.6. The van der Waals surface area contributed by atoms with Crippen molar-refractivity contribution in [3.63, 3.8) is 0 Å². The fourth-order valence-corrected chi connectivity index (χ4v) is 3.60. The lowest BCUT2D eigenvalue weighted by atomic mass is 10.2. The van der Waals surface area contributed by atoms with E-state index in [0.717, 1.165) is 32.4 Å². The van der Waals surface area contributed by atoms with Crippen molar-refractivity contribution < 1.29 is 0 Å². The Balaban J connectivity index is 1.60. The number of nitrogens with one attached hydrogen (secondary N) is 1. The lowest BCUT2D eigenvalue weighted by molar-refractivity contribution is 0.976. The van der Waals surface area contributed by atoms with Crippen LogP contribution in [0.2, 0.25) is 0 Å². The third-order valence-corrected chi connectivity index (χ3v) is 4.83. The van der Waals surface area contributed by atoms with Crippen molar-refractivity contribution in [2.24, 2.45) is 0 Å². The highest BCUT2D eigenvalue weighted by molar-refractivity contribution is 7.19. The van der Waals surface area contributed by atoms with Crippen molar-refractivity contribution in [2.45, 2.75) is 0 Å². The molecule has 0 aliphatic heterocycles. The molecule has 4 nitrogen and oxygen atoms in total. The Kier molecular flexibility index (Phi) is 2.63. The third-order valence-electron chi connectivity index (χ3n) is 3.87. The molecule has 2 aromatic carbocycles. The van der Waals surface area contributed by atoms with Gasteiger partial charge in [-0.15, -0.1) is 0 Å². The Labute approximate surface area is 136 Å². The minimum atomic E-state index is 0.900. The Morgan fingerprint density at radius 2 is 1.78 bits per heavy atom. The largest absolute Gasteiger partial charge is 0.353 e. The average Bonchev–Trinajstić information content (AvgIpc) is 3.27. The lowest BCUT2D eigenvalue weighted by Crippen LogP contribution is -1.82. The van der Waals surface area contributed by atoms with E-state index in [-0.39, 0.29) is 0 Å². The summed E-state index contributed by atoms with van der Waals surface area (Å²) in [6.45, 7) is 0. The van der Waals surface area contributed by atoms with Crippen LogP contribution in [0.15, 0.2) is 66.9 Å². The molecule has 0 saturated carbocycles. The van der Waals surface area contributed by atoms with Crippen LogP contribution in [0.4, 0.5) is 0 Å². The molecule has 110 valence electrons. The number of benzene rings is 2. The van der Waals surface area contributed by atoms with E-state index in [1.54, 1.807) is 11.3 Å². The molecule has 0 spiro atoms. The van der Waals surface area contributed by atoms with Crippen LogP contribution in [0.25, 0.3) is 37.8 Å². The summed E-state index contributed by atoms with van der Waals surface area (Å²) in [7, 11) is 0. The van der Waals surface area contributed by atoms with Crippen LogP contribution >= 0.6 is 11.3 Å². The van der Waals surface area contributed by atoms with Gasteiger partial charge in [0.15, 0.2) is 5.01 Å². The molecule has 5 rings (SSSR count). The second-order valence-corrected chi connectivity index (χ2v) is 6.35. The minimum Gasteiger partial charge on any atom is -0.353 e. The van der Waals surface area contributed by atoms with Crippen molar-refractivity contribution >= 4 is 27.2 Å². The summed E-state index contributed by atoms with van der Waals surface area (Å²) in [5.74, 6) is 0. The molecule has 23 heavy (non-hydrogen) atoms. The second-order valence-electron chi connectivity index (χ2n) is 5.40. The van der Waals surface area contributed by atoms with E-state index >= 15 is 0 Å². The zero-order chi connectivity index (χ0) is 15.2. The van der Waals surface area contributed by atoms with Gasteiger partial charge < -0.3 is 4.98 Å². The Morgan fingerprint density at radius 1 is 0.957 bits per heavy atom. The minimum absolute atomic E-state index is 0.900. The smallest absolute Gasteiger partial charge is 0.213 e. The molecule has 0 saturated heterocycles. The normalized spacial score (nSPS) is 11.5. The zero-order valence-corrected chi connectivity index (χ0v) is 12.9. The van der Waals surface area contributed by atoms with Crippen LogP contribution < -0.4 is 0 Å². The van der Waals surface area contributed by atoms with Gasteiger partial charge in [0.25, 0.3) is 0 Å². The van der Waals surface area contributed by atoms with E-state index in [1.165, 1.54) is 5.39 Å². The highest BCUT2D eigenvalue weighted by atomic mass is 32.1. The van der Waals surface area contributed by atoms with Gasteiger partial charge in [0.05, 0.1) is 17.6 Å². The van der Waals surface area contributed by atoms with Crippen LogP contribution in [0.5, 0.6) is 0 Å². The first-order valence-corrected chi connectivity index (χ1v) is 8.18. The summed E-state index contributed by atoms with van der Waals surface area (Å²) in [4.78, 5) is 9.00. The predicted octanol–water partition coefficient (Wildman–Crippen LogP) is 4.61. The number of nitrogens with zero attached hydrogens (tertiary/aromatic N) is 3. The van der Waals surface area contributed by atoms with E-state index in [4.69, 9.17) is 0 Å². The monoisotopic (exact) mass is 316 g/mol. The van der Waals surface area contributed by atoms with Crippen molar-refractivity contribution in [3.8, 4) is 22.0 Å². The number of hydrogen-bond donors (Lipinski definition) is 1. The van der Waals surface area contributed by atoms with Crippen LogP contribution in [-0.4, -0.2) is 19.6 Å². The summed E-state index contributed by atoms with van der Waals surface area (Å²) >= 11 is 1.59.